The van der Waals surface area contributed by atoms with Crippen molar-refractivity contribution >= 4 is 46.4 Å². The van der Waals surface area contributed by atoms with Crippen LogP contribution in [-0.4, -0.2) is 10.1 Å². The molecule has 186 valence electrons. The van der Waals surface area contributed by atoms with Crippen LogP contribution >= 0.6 is 46.4 Å². The fourth-order valence-electron chi connectivity index (χ4n) is 3.57. The molecule has 0 radical (unpaired) electrons. The first-order valence-electron chi connectivity index (χ1n) is 11.2. The van der Waals surface area contributed by atoms with Crippen molar-refractivity contribution in [3.8, 4) is 22.6 Å². The Kier molecular flexibility index (Phi) is 9.45. The van der Waals surface area contributed by atoms with Crippen molar-refractivity contribution in [2.24, 2.45) is 0 Å². The molecular formula is C30H21Cl4NO2. The Morgan fingerprint density at radius 2 is 1.24 bits per heavy atom. The van der Waals surface area contributed by atoms with Gasteiger partial charge < -0.3 is 9.84 Å². The summed E-state index contributed by atoms with van der Waals surface area (Å²) in [5.41, 5.74) is 3.85. The summed E-state index contributed by atoms with van der Waals surface area (Å²) in [6, 6.07) is 31.7. The summed E-state index contributed by atoms with van der Waals surface area (Å²) in [5.74, 6) is 0.973. The van der Waals surface area contributed by atoms with Crippen LogP contribution in [0.2, 0.25) is 20.1 Å². The van der Waals surface area contributed by atoms with Gasteiger partial charge in [0.1, 0.15) is 17.6 Å². The van der Waals surface area contributed by atoms with Crippen LogP contribution < -0.4 is 4.74 Å². The second-order valence-corrected chi connectivity index (χ2v) is 9.58. The van der Waals surface area contributed by atoms with Gasteiger partial charge in [0.05, 0.1) is 10.0 Å². The van der Waals surface area contributed by atoms with Gasteiger partial charge in [0.2, 0.25) is 0 Å². The molecule has 0 fully saturated rings. The quantitative estimate of drug-likeness (QED) is 0.229. The molecule has 3 nitrogen and oxygen atoms in total. The Morgan fingerprint density at radius 1 is 0.649 bits per heavy atom. The summed E-state index contributed by atoms with van der Waals surface area (Å²) in [6.07, 6.45) is 2.74. The van der Waals surface area contributed by atoms with E-state index in [-0.39, 0.29) is 0 Å². The van der Waals surface area contributed by atoms with Crippen LogP contribution in [0.25, 0.3) is 11.1 Å². The Balaban J connectivity index is 0.000000176. The minimum absolute atomic E-state index is 0.420. The lowest BCUT2D eigenvalue weighted by molar-refractivity contribution is 0.220. The summed E-state index contributed by atoms with van der Waals surface area (Å²) >= 11 is 23.5. The molecule has 1 aromatic heterocycles. The number of hydrogen-bond acceptors (Lipinski definition) is 3. The highest BCUT2D eigenvalue weighted by Gasteiger charge is 2.15. The molecule has 4 aromatic carbocycles. The van der Waals surface area contributed by atoms with Gasteiger partial charge in [-0.25, -0.2) is 0 Å². The second kappa shape index (κ2) is 13.0. The maximum atomic E-state index is 10.6. The van der Waals surface area contributed by atoms with Gasteiger partial charge in [-0.15, -0.1) is 0 Å². The molecule has 5 aromatic rings. The number of rotatable bonds is 5. The fraction of sp³-hybridized carbons (Fsp3) is 0.0333. The second-order valence-electron chi connectivity index (χ2n) is 7.89. The van der Waals surface area contributed by atoms with Crippen LogP contribution in [-0.2, 0) is 0 Å². The van der Waals surface area contributed by atoms with Crippen molar-refractivity contribution in [3.05, 3.63) is 147 Å². The van der Waals surface area contributed by atoms with E-state index in [2.05, 4.69) is 17.1 Å². The first-order chi connectivity index (χ1) is 17.9. The van der Waals surface area contributed by atoms with E-state index in [0.717, 1.165) is 22.3 Å². The molecule has 0 bridgehead atoms. The first kappa shape index (κ1) is 27.0. The third kappa shape index (κ3) is 7.26. The number of hydrogen-bond donors (Lipinski definition) is 1. The Labute approximate surface area is 235 Å². The standard InChI is InChI=1S/C18H15NO.C12H6Cl4O/c20-18(15-9-6-12-19-13-15)17-11-5-4-10-16(17)14-7-2-1-3-8-14;13-7-1-3-11(9(15)5-7)17-12-4-2-8(14)6-10(12)16/h1-13,18,20H;1-6H. The normalized spacial score (nSPS) is 11.3. The first-order valence-corrected chi connectivity index (χ1v) is 12.7. The zero-order valence-electron chi connectivity index (χ0n) is 19.4. The predicted molar refractivity (Wildman–Crippen MR) is 153 cm³/mol. The van der Waals surface area contributed by atoms with Crippen LogP contribution in [0.15, 0.2) is 116 Å². The Hall–Kier alpha value is -3.05. The molecule has 0 saturated carbocycles. The molecule has 1 heterocycles. The molecule has 1 atom stereocenters. The predicted octanol–water partition coefficient (Wildman–Crippen LogP) is 9.92. The highest BCUT2D eigenvalue weighted by atomic mass is 35.5. The monoisotopic (exact) mass is 567 g/mol. The lowest BCUT2D eigenvalue weighted by Crippen LogP contribution is -2.02. The largest absolute Gasteiger partial charge is 0.454 e. The van der Waals surface area contributed by atoms with E-state index in [1.54, 1.807) is 48.8 Å². The van der Waals surface area contributed by atoms with Gasteiger partial charge in [-0.2, -0.15) is 0 Å². The Bertz CT molecular complexity index is 1410. The highest BCUT2D eigenvalue weighted by molar-refractivity contribution is 6.36. The van der Waals surface area contributed by atoms with Gasteiger partial charge in [0.15, 0.2) is 0 Å². The minimum Gasteiger partial charge on any atom is -0.454 e. The van der Waals surface area contributed by atoms with Crippen LogP contribution in [0, 0.1) is 0 Å². The summed E-state index contributed by atoms with van der Waals surface area (Å²) in [4.78, 5) is 4.07. The smallest absolute Gasteiger partial charge is 0.146 e. The molecule has 0 spiro atoms. The van der Waals surface area contributed by atoms with E-state index >= 15 is 0 Å². The van der Waals surface area contributed by atoms with Crippen molar-refractivity contribution in [2.45, 2.75) is 6.10 Å². The molecule has 5 rings (SSSR count). The highest BCUT2D eigenvalue weighted by Crippen LogP contribution is 2.36. The number of benzene rings is 4. The number of aliphatic hydroxyl groups excluding tert-OH is 1. The molecule has 0 aliphatic carbocycles. The van der Waals surface area contributed by atoms with Crippen LogP contribution in [0.4, 0.5) is 0 Å². The number of nitrogens with zero attached hydrogens (tertiary/aromatic N) is 1. The van der Waals surface area contributed by atoms with Gasteiger partial charge in [0.25, 0.3) is 0 Å². The molecular weight excluding hydrogens is 548 g/mol. The van der Waals surface area contributed by atoms with E-state index in [9.17, 15) is 5.11 Å². The number of pyridine rings is 1. The molecule has 0 saturated heterocycles. The van der Waals surface area contributed by atoms with Crippen molar-refractivity contribution in [1.29, 1.82) is 0 Å². The molecule has 37 heavy (non-hydrogen) atoms. The van der Waals surface area contributed by atoms with E-state index in [0.29, 0.717) is 31.6 Å². The SMILES string of the molecule is Clc1ccc(Oc2ccc(Cl)cc2Cl)c(Cl)c1.OC(c1cccnc1)c1ccccc1-c1ccccc1. The summed E-state index contributed by atoms with van der Waals surface area (Å²) in [7, 11) is 0. The van der Waals surface area contributed by atoms with Crippen molar-refractivity contribution < 1.29 is 9.84 Å². The topological polar surface area (TPSA) is 42.4 Å². The van der Waals surface area contributed by atoms with E-state index in [1.807, 2.05) is 54.6 Å². The van der Waals surface area contributed by atoms with Crippen LogP contribution in [0.5, 0.6) is 11.5 Å². The maximum Gasteiger partial charge on any atom is 0.146 e. The van der Waals surface area contributed by atoms with E-state index in [1.165, 1.54) is 0 Å². The number of halogens is 4. The summed E-state index contributed by atoms with van der Waals surface area (Å²) < 4.78 is 5.57. The zero-order chi connectivity index (χ0) is 26.2. The molecule has 1 N–H and O–H groups in total. The Morgan fingerprint density at radius 3 is 1.81 bits per heavy atom. The number of aliphatic hydroxyl groups is 1. The lowest BCUT2D eigenvalue weighted by Gasteiger charge is -2.15. The van der Waals surface area contributed by atoms with E-state index in [4.69, 9.17) is 51.1 Å². The molecule has 0 amide bonds. The maximum absolute atomic E-state index is 10.6. The van der Waals surface area contributed by atoms with Crippen molar-refractivity contribution in [3.63, 3.8) is 0 Å². The zero-order valence-corrected chi connectivity index (χ0v) is 22.4. The minimum atomic E-state index is -0.667. The van der Waals surface area contributed by atoms with Crippen LogP contribution in [0.3, 0.4) is 0 Å². The van der Waals surface area contributed by atoms with Gasteiger partial charge >= 0.3 is 0 Å². The van der Waals surface area contributed by atoms with Gasteiger partial charge in [-0.3, -0.25) is 4.98 Å². The molecule has 0 aliphatic heterocycles. The van der Waals surface area contributed by atoms with Gasteiger partial charge in [-0.05, 0) is 59.2 Å². The average molecular weight is 569 g/mol. The molecule has 0 aliphatic rings. The van der Waals surface area contributed by atoms with Gasteiger partial charge in [0, 0.05) is 28.0 Å². The third-order valence-electron chi connectivity index (χ3n) is 5.35. The van der Waals surface area contributed by atoms with E-state index < -0.39 is 6.10 Å². The number of ether oxygens (including phenoxy) is 1. The van der Waals surface area contributed by atoms with Crippen molar-refractivity contribution in [2.75, 3.05) is 0 Å². The number of aromatic nitrogens is 1. The fourth-order valence-corrected chi connectivity index (χ4v) is 4.46. The van der Waals surface area contributed by atoms with Gasteiger partial charge in [-0.1, -0.05) is 107 Å². The lowest BCUT2D eigenvalue weighted by atomic mass is 9.93. The summed E-state index contributed by atoms with van der Waals surface area (Å²) in [6.45, 7) is 0. The molecule has 1 unspecified atom stereocenters. The summed E-state index contributed by atoms with van der Waals surface area (Å²) in [5, 5.41) is 12.5. The van der Waals surface area contributed by atoms with Crippen molar-refractivity contribution in [1.82, 2.24) is 4.98 Å². The average Bonchev–Trinajstić information content (AvgIpc) is 2.92. The third-order valence-corrected chi connectivity index (χ3v) is 6.41. The molecule has 7 heteroatoms. The van der Waals surface area contributed by atoms with Crippen LogP contribution in [0.1, 0.15) is 17.2 Å².